The summed E-state index contributed by atoms with van der Waals surface area (Å²) in [4.78, 5) is 22.2. The van der Waals surface area contributed by atoms with Crippen LogP contribution >= 0.6 is 0 Å². The Balaban J connectivity index is 1.60. The van der Waals surface area contributed by atoms with Crippen LogP contribution in [-0.4, -0.2) is 28.2 Å². The molecule has 6 aromatic rings. The molecule has 3 aromatic carbocycles. The Morgan fingerprint density at radius 2 is 1.73 bits per heavy atom. The van der Waals surface area contributed by atoms with Gasteiger partial charge in [0.2, 0.25) is 16.3 Å². The van der Waals surface area contributed by atoms with Gasteiger partial charge >= 0.3 is 0 Å². The van der Waals surface area contributed by atoms with Gasteiger partial charge in [-0.3, -0.25) is 9.52 Å². The third kappa shape index (κ3) is 4.55. The molecule has 0 aliphatic carbocycles. The molecular weight excluding hydrogens is 554 g/mol. The predicted octanol–water partition coefficient (Wildman–Crippen LogP) is 4.67. The number of benzene rings is 3. The summed E-state index contributed by atoms with van der Waals surface area (Å²) < 4.78 is 61.1. The maximum absolute atomic E-state index is 14.8. The van der Waals surface area contributed by atoms with Gasteiger partial charge in [-0.05, 0) is 48.9 Å². The van der Waals surface area contributed by atoms with Crippen LogP contribution in [0.25, 0.3) is 44.4 Å². The number of halogens is 2. The van der Waals surface area contributed by atoms with Crippen LogP contribution in [0.3, 0.4) is 0 Å². The Morgan fingerprint density at radius 3 is 2.46 bits per heavy atom. The van der Waals surface area contributed by atoms with E-state index in [4.69, 9.17) is 15.2 Å². The minimum absolute atomic E-state index is 0.0163. The summed E-state index contributed by atoms with van der Waals surface area (Å²) >= 11 is 0. The minimum Gasteiger partial charge on any atom is -0.458 e. The van der Waals surface area contributed by atoms with Crippen molar-refractivity contribution >= 4 is 44.4 Å². The van der Waals surface area contributed by atoms with Crippen LogP contribution in [0.4, 0.5) is 20.3 Å². The molecule has 10 nitrogen and oxygen atoms in total. The lowest BCUT2D eigenvalue weighted by atomic mass is 9.99. The van der Waals surface area contributed by atoms with Crippen LogP contribution in [-0.2, 0) is 10.9 Å². The third-order valence-electron chi connectivity index (χ3n) is 6.65. The van der Waals surface area contributed by atoms with E-state index in [-0.39, 0.29) is 33.7 Å². The van der Waals surface area contributed by atoms with Gasteiger partial charge in [0.1, 0.15) is 52.2 Å². The Hall–Kier alpha value is -5.17. The molecule has 0 amide bonds. The minimum atomic E-state index is -2.84. The Kier molecular flexibility index (Phi) is 6.42. The highest BCUT2D eigenvalue weighted by molar-refractivity contribution is 7.73. The molecule has 0 saturated heterocycles. The Morgan fingerprint density at radius 1 is 0.976 bits per heavy atom. The zero-order chi connectivity index (χ0) is 28.8. The fourth-order valence-electron chi connectivity index (χ4n) is 4.81. The summed E-state index contributed by atoms with van der Waals surface area (Å²) in [5.74, 6) is -1.10. The van der Waals surface area contributed by atoms with Crippen LogP contribution in [0.5, 0.6) is 0 Å². The standard InChI is InChI=1S/C28H20F2N6O4S/c1-14(26-21(16-4-2-5-17(29)12-16)25(37)22-19(30)6-3-7-20(22)40-26)36-28-23(27(31)32-13-33-28)24(34-36)15-8-10-18(11-9-15)35-41(38)39/h2-14,41H,1H3,(H2,31,32,33)(H,35,38,39). The summed E-state index contributed by atoms with van der Waals surface area (Å²) in [7, 11) is -2.84. The van der Waals surface area contributed by atoms with Crippen molar-refractivity contribution in [1.29, 1.82) is 0 Å². The predicted molar refractivity (Wildman–Crippen MR) is 151 cm³/mol. The van der Waals surface area contributed by atoms with Crippen molar-refractivity contribution in [3.8, 4) is 22.4 Å². The van der Waals surface area contributed by atoms with Gasteiger partial charge in [0.05, 0.1) is 10.9 Å². The van der Waals surface area contributed by atoms with E-state index in [1.165, 1.54) is 47.4 Å². The quantitative estimate of drug-likeness (QED) is 0.243. The molecule has 1 atom stereocenters. The molecule has 0 radical (unpaired) electrons. The summed E-state index contributed by atoms with van der Waals surface area (Å²) in [6, 6.07) is 15.1. The van der Waals surface area contributed by atoms with Crippen molar-refractivity contribution < 1.29 is 21.6 Å². The number of hydrogen-bond donors (Lipinski definition) is 3. The van der Waals surface area contributed by atoms with E-state index in [1.807, 2.05) is 0 Å². The van der Waals surface area contributed by atoms with Crippen molar-refractivity contribution in [2.24, 2.45) is 0 Å². The smallest absolute Gasteiger partial charge is 0.222 e. The first-order valence-corrected chi connectivity index (χ1v) is 13.4. The number of nitrogens with two attached hydrogens (primary N) is 1. The number of nitrogens with one attached hydrogen (secondary N) is 1. The van der Waals surface area contributed by atoms with Gasteiger partial charge in [-0.25, -0.2) is 31.8 Å². The lowest BCUT2D eigenvalue weighted by Crippen LogP contribution is -2.17. The van der Waals surface area contributed by atoms with E-state index >= 15 is 0 Å². The second-order valence-corrected chi connectivity index (χ2v) is 9.90. The Bertz CT molecular complexity index is 2100. The van der Waals surface area contributed by atoms with Crippen LogP contribution < -0.4 is 15.9 Å². The van der Waals surface area contributed by atoms with Gasteiger partial charge in [0, 0.05) is 11.3 Å². The maximum Gasteiger partial charge on any atom is 0.222 e. The SMILES string of the molecule is CC(c1oc2cccc(F)c2c(=O)c1-c1cccc(F)c1)n1nc(-c2ccc(N[SH](=O)=O)cc2)c2c(N)ncnc21. The largest absolute Gasteiger partial charge is 0.458 e. The van der Waals surface area contributed by atoms with E-state index in [1.54, 1.807) is 31.2 Å². The Labute approximate surface area is 232 Å². The molecule has 0 aliphatic heterocycles. The van der Waals surface area contributed by atoms with E-state index in [9.17, 15) is 22.0 Å². The highest BCUT2D eigenvalue weighted by Crippen LogP contribution is 2.36. The molecule has 0 saturated carbocycles. The fourth-order valence-corrected chi connectivity index (χ4v) is 5.17. The van der Waals surface area contributed by atoms with Crippen molar-refractivity contribution in [2.75, 3.05) is 10.5 Å². The third-order valence-corrected chi connectivity index (χ3v) is 7.09. The zero-order valence-electron chi connectivity index (χ0n) is 21.2. The molecule has 3 aromatic heterocycles. The van der Waals surface area contributed by atoms with E-state index in [0.717, 1.165) is 6.07 Å². The molecule has 3 heterocycles. The molecule has 0 fully saturated rings. The maximum atomic E-state index is 14.8. The molecule has 0 bridgehead atoms. The van der Waals surface area contributed by atoms with Crippen LogP contribution in [0.1, 0.15) is 18.7 Å². The van der Waals surface area contributed by atoms with Gasteiger partial charge in [-0.1, -0.05) is 30.3 Å². The van der Waals surface area contributed by atoms with Crippen LogP contribution in [0, 0.1) is 11.6 Å². The molecule has 13 heteroatoms. The number of nitrogens with zero attached hydrogens (tertiary/aromatic N) is 4. The van der Waals surface area contributed by atoms with Crippen molar-refractivity contribution in [3.63, 3.8) is 0 Å². The molecule has 1 unspecified atom stereocenters. The van der Waals surface area contributed by atoms with Gasteiger partial charge in [0.25, 0.3) is 0 Å². The van der Waals surface area contributed by atoms with Crippen molar-refractivity contribution in [2.45, 2.75) is 13.0 Å². The molecule has 6 rings (SSSR count). The van der Waals surface area contributed by atoms with Crippen molar-refractivity contribution in [3.05, 3.63) is 101 Å². The first kappa shape index (κ1) is 26.1. The molecule has 0 aliphatic rings. The van der Waals surface area contributed by atoms with Gasteiger partial charge in [0.15, 0.2) is 5.65 Å². The average Bonchev–Trinajstić information content (AvgIpc) is 3.33. The zero-order valence-corrected chi connectivity index (χ0v) is 22.1. The van der Waals surface area contributed by atoms with Crippen LogP contribution in [0.15, 0.2) is 82.3 Å². The second kappa shape index (κ2) is 10.1. The van der Waals surface area contributed by atoms with Gasteiger partial charge in [-0.15, -0.1) is 0 Å². The first-order valence-electron chi connectivity index (χ1n) is 12.2. The van der Waals surface area contributed by atoms with E-state index in [0.29, 0.717) is 28.0 Å². The van der Waals surface area contributed by atoms with Crippen LogP contribution in [0.2, 0.25) is 0 Å². The van der Waals surface area contributed by atoms with Crippen molar-refractivity contribution in [1.82, 2.24) is 19.7 Å². The van der Waals surface area contributed by atoms with E-state index < -0.39 is 34.0 Å². The topological polar surface area (TPSA) is 146 Å². The molecule has 0 spiro atoms. The molecule has 41 heavy (non-hydrogen) atoms. The monoisotopic (exact) mass is 574 g/mol. The second-order valence-electron chi connectivity index (χ2n) is 9.17. The first-order chi connectivity index (χ1) is 19.7. The lowest BCUT2D eigenvalue weighted by Gasteiger charge is -2.17. The van der Waals surface area contributed by atoms with Gasteiger partial charge < -0.3 is 10.2 Å². The number of rotatable bonds is 6. The summed E-state index contributed by atoms with van der Waals surface area (Å²) in [6.07, 6.45) is 1.27. The fraction of sp³-hybridized carbons (Fsp3) is 0.0714. The summed E-state index contributed by atoms with van der Waals surface area (Å²) in [5.41, 5.74) is 7.43. The molecule has 206 valence electrons. The summed E-state index contributed by atoms with van der Waals surface area (Å²) in [5, 5.41) is 4.91. The highest BCUT2D eigenvalue weighted by atomic mass is 32.2. The average molecular weight is 575 g/mol. The summed E-state index contributed by atoms with van der Waals surface area (Å²) in [6.45, 7) is 1.71. The molecular formula is C28H20F2N6O4S. The number of fused-ring (bicyclic) bond motifs is 2. The highest BCUT2D eigenvalue weighted by Gasteiger charge is 2.27. The lowest BCUT2D eigenvalue weighted by molar-refractivity contribution is 0.445. The molecule has 3 N–H and O–H groups in total. The number of thiol groups is 1. The number of aromatic nitrogens is 4. The normalized spacial score (nSPS) is 12.3. The number of hydrogen-bond acceptors (Lipinski definition) is 8. The van der Waals surface area contributed by atoms with E-state index in [2.05, 4.69) is 14.7 Å². The van der Waals surface area contributed by atoms with Gasteiger partial charge in [-0.2, -0.15) is 5.10 Å². The number of anilines is 2. The number of nitrogen functional groups attached to an aromatic ring is 1.